The first kappa shape index (κ1) is 17.0. The van der Waals surface area contributed by atoms with Crippen LogP contribution in [0.1, 0.15) is 32.8 Å². The highest BCUT2D eigenvalue weighted by molar-refractivity contribution is 5.92. The molecule has 2 bridgehead atoms. The third-order valence-corrected chi connectivity index (χ3v) is 4.79. The van der Waals surface area contributed by atoms with Crippen molar-refractivity contribution < 1.29 is 14.3 Å². The van der Waals surface area contributed by atoms with Crippen molar-refractivity contribution in [3.05, 3.63) is 48.2 Å². The molecule has 2 aliphatic rings. The Labute approximate surface area is 153 Å². The lowest BCUT2D eigenvalue weighted by Crippen LogP contribution is -2.57. The average molecular weight is 352 g/mol. The number of pyridine rings is 1. The maximum Gasteiger partial charge on any atom is 0.411 e. The number of morpholine rings is 1. The van der Waals surface area contributed by atoms with Crippen molar-refractivity contribution in [2.45, 2.75) is 44.9 Å². The van der Waals surface area contributed by atoms with Crippen LogP contribution in [0.25, 0.3) is 16.5 Å². The first-order valence-corrected chi connectivity index (χ1v) is 9.06. The molecule has 2 unspecified atom stereocenters. The summed E-state index contributed by atoms with van der Waals surface area (Å²) in [5.74, 6) is 0. The van der Waals surface area contributed by atoms with Gasteiger partial charge in [0, 0.05) is 11.6 Å². The van der Waals surface area contributed by atoms with Crippen LogP contribution in [-0.4, -0.2) is 46.9 Å². The van der Waals surface area contributed by atoms with Gasteiger partial charge in [-0.3, -0.25) is 9.88 Å². The number of carbonyl (C=O) groups is 1. The van der Waals surface area contributed by atoms with Gasteiger partial charge in [0.25, 0.3) is 0 Å². The van der Waals surface area contributed by atoms with Gasteiger partial charge in [-0.1, -0.05) is 24.3 Å². The first-order valence-electron chi connectivity index (χ1n) is 9.06. The molecule has 1 aromatic carbocycles. The molecule has 2 aliphatic heterocycles. The fraction of sp³-hybridized carbons (Fsp3) is 0.429. The van der Waals surface area contributed by atoms with E-state index in [1.165, 1.54) is 11.1 Å². The second-order valence-electron chi connectivity index (χ2n) is 7.92. The van der Waals surface area contributed by atoms with Crippen molar-refractivity contribution in [3.8, 4) is 0 Å². The molecule has 136 valence electrons. The van der Waals surface area contributed by atoms with E-state index in [4.69, 9.17) is 9.47 Å². The van der Waals surface area contributed by atoms with E-state index in [1.807, 2.05) is 50.1 Å². The van der Waals surface area contributed by atoms with Crippen molar-refractivity contribution in [1.29, 1.82) is 0 Å². The third-order valence-electron chi connectivity index (χ3n) is 4.79. The number of nitrogens with zero attached hydrogens (tertiary/aromatic N) is 2. The molecular weight excluding hydrogens is 328 g/mol. The quantitative estimate of drug-likeness (QED) is 0.778. The van der Waals surface area contributed by atoms with E-state index < -0.39 is 5.60 Å². The molecule has 0 aliphatic carbocycles. The summed E-state index contributed by atoms with van der Waals surface area (Å²) in [6.45, 7) is 6.72. The zero-order valence-electron chi connectivity index (χ0n) is 15.4. The van der Waals surface area contributed by atoms with Crippen molar-refractivity contribution in [1.82, 2.24) is 9.88 Å². The van der Waals surface area contributed by atoms with Crippen molar-refractivity contribution in [2.75, 3.05) is 13.2 Å². The Kier molecular flexibility index (Phi) is 4.19. The van der Waals surface area contributed by atoms with Gasteiger partial charge in [-0.25, -0.2) is 4.79 Å². The largest absolute Gasteiger partial charge is 0.444 e. The number of carbonyl (C=O) groups excluding carboxylic acids is 1. The van der Waals surface area contributed by atoms with E-state index >= 15 is 0 Å². The molecule has 1 aromatic heterocycles. The lowest BCUT2D eigenvalue weighted by atomic mass is 9.88. The normalized spacial score (nSPS) is 22.9. The average Bonchev–Trinajstić information content (AvgIpc) is 2.58. The smallest absolute Gasteiger partial charge is 0.411 e. The first-order chi connectivity index (χ1) is 12.4. The molecule has 26 heavy (non-hydrogen) atoms. The number of aromatic nitrogens is 1. The van der Waals surface area contributed by atoms with Gasteiger partial charge in [0.2, 0.25) is 0 Å². The summed E-state index contributed by atoms with van der Waals surface area (Å²) in [6, 6.07) is 10.2. The molecule has 1 amide bonds. The lowest BCUT2D eigenvalue weighted by Gasteiger charge is -2.44. The lowest BCUT2D eigenvalue weighted by molar-refractivity contribution is -0.0510. The summed E-state index contributed by atoms with van der Waals surface area (Å²) in [7, 11) is 0. The van der Waals surface area contributed by atoms with Crippen molar-refractivity contribution in [2.24, 2.45) is 0 Å². The number of ether oxygens (including phenoxy) is 2. The Balaban J connectivity index is 1.69. The SMILES string of the molecule is CC(C)(C)OC(=O)N1C2C=C(c3cccc4ncccc34)CC1COC2. The van der Waals surface area contributed by atoms with E-state index in [-0.39, 0.29) is 18.2 Å². The van der Waals surface area contributed by atoms with Crippen LogP contribution in [0, 0.1) is 0 Å². The molecule has 3 heterocycles. The summed E-state index contributed by atoms with van der Waals surface area (Å²) < 4.78 is 11.3. The summed E-state index contributed by atoms with van der Waals surface area (Å²) in [4.78, 5) is 19.0. The zero-order valence-corrected chi connectivity index (χ0v) is 15.4. The molecule has 1 saturated heterocycles. The molecule has 0 radical (unpaired) electrons. The second kappa shape index (κ2) is 6.40. The van der Waals surface area contributed by atoms with Crippen molar-refractivity contribution in [3.63, 3.8) is 0 Å². The van der Waals surface area contributed by atoms with E-state index in [0.29, 0.717) is 13.2 Å². The zero-order chi connectivity index (χ0) is 18.3. The van der Waals surface area contributed by atoms with E-state index in [0.717, 1.165) is 17.3 Å². The second-order valence-corrected chi connectivity index (χ2v) is 7.92. The molecule has 1 fully saturated rings. The minimum atomic E-state index is -0.502. The fourth-order valence-corrected chi connectivity index (χ4v) is 3.78. The van der Waals surface area contributed by atoms with Crippen LogP contribution in [0.15, 0.2) is 42.6 Å². The minimum absolute atomic E-state index is 0.00414. The maximum atomic E-state index is 12.7. The predicted molar refractivity (Wildman–Crippen MR) is 101 cm³/mol. The van der Waals surface area contributed by atoms with Gasteiger partial charge in [-0.2, -0.15) is 0 Å². The number of amides is 1. The highest BCUT2D eigenvalue weighted by Crippen LogP contribution is 2.35. The fourth-order valence-electron chi connectivity index (χ4n) is 3.78. The van der Waals surface area contributed by atoms with Gasteiger partial charge in [-0.15, -0.1) is 0 Å². The van der Waals surface area contributed by atoms with E-state index in [1.54, 1.807) is 0 Å². The molecule has 0 saturated carbocycles. The topological polar surface area (TPSA) is 51.7 Å². The van der Waals surface area contributed by atoms with Crippen LogP contribution in [-0.2, 0) is 9.47 Å². The molecule has 0 spiro atoms. The van der Waals surface area contributed by atoms with Gasteiger partial charge in [-0.05, 0) is 50.5 Å². The van der Waals surface area contributed by atoms with Gasteiger partial charge in [0.05, 0.1) is 30.8 Å². The predicted octanol–water partition coefficient (Wildman–Crippen LogP) is 4.03. The number of hydrogen-bond acceptors (Lipinski definition) is 4. The number of benzene rings is 1. The summed E-state index contributed by atoms with van der Waals surface area (Å²) in [5, 5.41) is 1.14. The molecule has 2 aromatic rings. The number of fused-ring (bicyclic) bond motifs is 3. The molecule has 5 nitrogen and oxygen atoms in total. The summed E-state index contributed by atoms with van der Waals surface area (Å²) in [6.07, 6.45) is 4.46. The molecule has 2 atom stereocenters. The van der Waals surface area contributed by atoms with E-state index in [2.05, 4.69) is 23.2 Å². The highest BCUT2D eigenvalue weighted by Gasteiger charge is 2.40. The molecule has 5 heteroatoms. The number of rotatable bonds is 1. The Morgan fingerprint density at radius 2 is 2.08 bits per heavy atom. The Hall–Kier alpha value is -2.40. The molecule has 4 rings (SSSR count). The minimum Gasteiger partial charge on any atom is -0.444 e. The van der Waals surface area contributed by atoms with Crippen LogP contribution in [0.3, 0.4) is 0 Å². The van der Waals surface area contributed by atoms with Crippen LogP contribution < -0.4 is 0 Å². The van der Waals surface area contributed by atoms with Gasteiger partial charge < -0.3 is 9.47 Å². The monoisotopic (exact) mass is 352 g/mol. The third kappa shape index (κ3) is 3.19. The Morgan fingerprint density at radius 3 is 2.85 bits per heavy atom. The standard InChI is InChI=1S/C21H24N2O3/c1-21(2,3)26-20(24)23-15-10-14(11-16(23)13-25-12-15)17-6-4-8-19-18(17)7-5-9-22-19/h4-10,15-16H,11-13H2,1-3H3. The van der Waals surface area contributed by atoms with Gasteiger partial charge in [0.15, 0.2) is 0 Å². The van der Waals surface area contributed by atoms with Crippen LogP contribution in [0.4, 0.5) is 4.79 Å². The van der Waals surface area contributed by atoms with Gasteiger partial charge >= 0.3 is 6.09 Å². The summed E-state index contributed by atoms with van der Waals surface area (Å²) >= 11 is 0. The molecule has 0 N–H and O–H groups in total. The Morgan fingerprint density at radius 1 is 1.23 bits per heavy atom. The highest BCUT2D eigenvalue weighted by atomic mass is 16.6. The Bertz CT molecular complexity index is 864. The van der Waals surface area contributed by atoms with Crippen molar-refractivity contribution >= 4 is 22.6 Å². The van der Waals surface area contributed by atoms with Crippen LogP contribution >= 0.6 is 0 Å². The van der Waals surface area contributed by atoms with Gasteiger partial charge in [0.1, 0.15) is 5.60 Å². The van der Waals surface area contributed by atoms with Crippen LogP contribution in [0.2, 0.25) is 0 Å². The van der Waals surface area contributed by atoms with Crippen LogP contribution in [0.5, 0.6) is 0 Å². The number of hydrogen-bond donors (Lipinski definition) is 0. The maximum absolute atomic E-state index is 12.7. The molecular formula is C21H24N2O3. The van der Waals surface area contributed by atoms with E-state index in [9.17, 15) is 4.79 Å². The summed E-state index contributed by atoms with van der Waals surface area (Å²) in [5.41, 5.74) is 2.93.